The molecule has 0 unspecified atom stereocenters. The molecule has 0 atom stereocenters. The van der Waals surface area contributed by atoms with Crippen molar-refractivity contribution in [1.82, 2.24) is 4.90 Å². The maximum absolute atomic E-state index is 6.13. The summed E-state index contributed by atoms with van der Waals surface area (Å²) in [7, 11) is 0. The first-order chi connectivity index (χ1) is 7.04. The van der Waals surface area contributed by atoms with E-state index in [4.69, 9.17) is 17.3 Å². The Morgan fingerprint density at radius 3 is 2.53 bits per heavy atom. The van der Waals surface area contributed by atoms with Crippen molar-refractivity contribution in [3.8, 4) is 0 Å². The van der Waals surface area contributed by atoms with Crippen molar-refractivity contribution in [2.75, 3.05) is 12.3 Å². The fourth-order valence-electron chi connectivity index (χ4n) is 1.57. The van der Waals surface area contributed by atoms with Gasteiger partial charge >= 0.3 is 0 Å². The molecule has 0 saturated carbocycles. The molecule has 0 fully saturated rings. The van der Waals surface area contributed by atoms with Gasteiger partial charge in [-0.1, -0.05) is 24.6 Å². The summed E-state index contributed by atoms with van der Waals surface area (Å²) in [6.45, 7) is 8.44. The average Bonchev–Trinajstić information content (AvgIpc) is 2.16. The minimum absolute atomic E-state index is 0.531. The molecule has 0 aliphatic rings. The van der Waals surface area contributed by atoms with Crippen LogP contribution in [0.1, 0.15) is 26.3 Å². The molecule has 3 heteroatoms. The summed E-state index contributed by atoms with van der Waals surface area (Å²) < 4.78 is 0. The van der Waals surface area contributed by atoms with Crippen LogP contribution in [-0.2, 0) is 6.54 Å². The standard InChI is InChI=1S/C12H19ClN2/c1-4-15(9(2)3)8-10-5-6-11(14)7-12(10)13/h5-7,9H,4,8,14H2,1-3H3. The van der Waals surface area contributed by atoms with Gasteiger partial charge in [-0.3, -0.25) is 4.90 Å². The summed E-state index contributed by atoms with van der Waals surface area (Å²) in [6.07, 6.45) is 0. The molecule has 1 rings (SSSR count). The number of nitrogen functional groups attached to an aromatic ring is 1. The Balaban J connectivity index is 2.79. The number of halogens is 1. The lowest BCUT2D eigenvalue weighted by Gasteiger charge is -2.25. The summed E-state index contributed by atoms with van der Waals surface area (Å²) in [5.41, 5.74) is 7.51. The van der Waals surface area contributed by atoms with Crippen molar-refractivity contribution in [2.45, 2.75) is 33.4 Å². The average molecular weight is 227 g/mol. The van der Waals surface area contributed by atoms with Gasteiger partial charge in [-0.15, -0.1) is 0 Å². The maximum Gasteiger partial charge on any atom is 0.0471 e. The lowest BCUT2D eigenvalue weighted by molar-refractivity contribution is 0.225. The van der Waals surface area contributed by atoms with Crippen molar-refractivity contribution < 1.29 is 0 Å². The van der Waals surface area contributed by atoms with Crippen LogP contribution in [0.25, 0.3) is 0 Å². The van der Waals surface area contributed by atoms with Gasteiger partial charge < -0.3 is 5.73 Å². The Morgan fingerprint density at radius 2 is 2.07 bits per heavy atom. The van der Waals surface area contributed by atoms with E-state index in [1.54, 1.807) is 0 Å². The highest BCUT2D eigenvalue weighted by Crippen LogP contribution is 2.21. The topological polar surface area (TPSA) is 29.3 Å². The zero-order valence-corrected chi connectivity index (χ0v) is 10.4. The lowest BCUT2D eigenvalue weighted by atomic mass is 10.1. The van der Waals surface area contributed by atoms with Crippen LogP contribution in [0.5, 0.6) is 0 Å². The number of nitrogens with zero attached hydrogens (tertiary/aromatic N) is 1. The van der Waals surface area contributed by atoms with Crippen LogP contribution in [0.2, 0.25) is 5.02 Å². The van der Waals surface area contributed by atoms with Crippen LogP contribution < -0.4 is 5.73 Å². The van der Waals surface area contributed by atoms with Crippen LogP contribution in [-0.4, -0.2) is 17.5 Å². The number of rotatable bonds is 4. The fourth-order valence-corrected chi connectivity index (χ4v) is 1.82. The van der Waals surface area contributed by atoms with E-state index in [1.165, 1.54) is 0 Å². The van der Waals surface area contributed by atoms with Gasteiger partial charge in [0.2, 0.25) is 0 Å². The van der Waals surface area contributed by atoms with Crippen molar-refractivity contribution in [3.63, 3.8) is 0 Å². The summed E-state index contributed by atoms with van der Waals surface area (Å²) in [5.74, 6) is 0. The Bertz CT molecular complexity index is 323. The predicted octanol–water partition coefficient (Wildman–Crippen LogP) is 3.15. The number of anilines is 1. The summed E-state index contributed by atoms with van der Waals surface area (Å²) >= 11 is 6.13. The lowest BCUT2D eigenvalue weighted by Crippen LogP contribution is -2.30. The molecular formula is C12H19ClN2. The van der Waals surface area contributed by atoms with E-state index in [1.807, 2.05) is 18.2 Å². The molecule has 0 aliphatic carbocycles. The Hall–Kier alpha value is -0.730. The van der Waals surface area contributed by atoms with Gasteiger partial charge in [0.05, 0.1) is 0 Å². The largest absolute Gasteiger partial charge is 0.399 e. The van der Waals surface area contributed by atoms with Crippen LogP contribution in [0, 0.1) is 0 Å². The Kier molecular flexibility index (Phi) is 4.43. The van der Waals surface area contributed by atoms with Crippen molar-refractivity contribution in [1.29, 1.82) is 0 Å². The van der Waals surface area contributed by atoms with E-state index in [9.17, 15) is 0 Å². The van der Waals surface area contributed by atoms with Crippen LogP contribution in [0.3, 0.4) is 0 Å². The van der Waals surface area contributed by atoms with Gasteiger partial charge in [-0.2, -0.15) is 0 Å². The van der Waals surface area contributed by atoms with E-state index in [-0.39, 0.29) is 0 Å². The third-order valence-electron chi connectivity index (χ3n) is 2.59. The van der Waals surface area contributed by atoms with Crippen molar-refractivity contribution in [2.24, 2.45) is 0 Å². The molecule has 15 heavy (non-hydrogen) atoms. The SMILES string of the molecule is CCN(Cc1ccc(N)cc1Cl)C(C)C. The van der Waals surface area contributed by atoms with Crippen molar-refractivity contribution >= 4 is 17.3 Å². The molecule has 2 N–H and O–H groups in total. The minimum Gasteiger partial charge on any atom is -0.399 e. The van der Waals surface area contributed by atoms with Gasteiger partial charge in [0.1, 0.15) is 0 Å². The van der Waals surface area contributed by atoms with Crippen LogP contribution in [0.15, 0.2) is 18.2 Å². The van der Waals surface area contributed by atoms with Gasteiger partial charge in [-0.05, 0) is 38.1 Å². The molecule has 84 valence electrons. The van der Waals surface area contributed by atoms with Gasteiger partial charge in [-0.25, -0.2) is 0 Å². The monoisotopic (exact) mass is 226 g/mol. The van der Waals surface area contributed by atoms with Crippen molar-refractivity contribution in [3.05, 3.63) is 28.8 Å². The van der Waals surface area contributed by atoms with Crippen LogP contribution in [0.4, 0.5) is 5.69 Å². The normalized spacial score (nSPS) is 11.3. The summed E-state index contributed by atoms with van der Waals surface area (Å²) in [5, 5.41) is 0.758. The molecule has 1 aromatic rings. The zero-order chi connectivity index (χ0) is 11.4. The molecule has 0 aliphatic heterocycles. The first kappa shape index (κ1) is 12.3. The second kappa shape index (κ2) is 5.38. The Labute approximate surface area is 97.0 Å². The second-order valence-electron chi connectivity index (χ2n) is 4.01. The number of benzene rings is 1. The molecule has 1 aromatic carbocycles. The smallest absolute Gasteiger partial charge is 0.0471 e. The predicted molar refractivity (Wildman–Crippen MR) is 67.1 cm³/mol. The molecular weight excluding hydrogens is 208 g/mol. The first-order valence-corrected chi connectivity index (χ1v) is 5.70. The molecule has 0 bridgehead atoms. The zero-order valence-electron chi connectivity index (χ0n) is 9.63. The van der Waals surface area contributed by atoms with E-state index >= 15 is 0 Å². The van der Waals surface area contributed by atoms with Crippen LogP contribution >= 0.6 is 11.6 Å². The molecule has 0 amide bonds. The number of hydrogen-bond acceptors (Lipinski definition) is 2. The molecule has 0 saturated heterocycles. The molecule has 2 nitrogen and oxygen atoms in total. The minimum atomic E-state index is 0.531. The highest BCUT2D eigenvalue weighted by atomic mass is 35.5. The first-order valence-electron chi connectivity index (χ1n) is 5.32. The fraction of sp³-hybridized carbons (Fsp3) is 0.500. The summed E-state index contributed by atoms with van der Waals surface area (Å²) in [6, 6.07) is 6.24. The Morgan fingerprint density at radius 1 is 1.40 bits per heavy atom. The molecule has 0 radical (unpaired) electrons. The number of nitrogens with two attached hydrogens (primary N) is 1. The van der Waals surface area contributed by atoms with Gasteiger partial charge in [0, 0.05) is 23.3 Å². The number of hydrogen-bond donors (Lipinski definition) is 1. The quantitative estimate of drug-likeness (QED) is 0.800. The van der Waals surface area contributed by atoms with E-state index in [0.717, 1.165) is 29.4 Å². The molecule has 0 heterocycles. The van der Waals surface area contributed by atoms with Gasteiger partial charge in [0.25, 0.3) is 0 Å². The second-order valence-corrected chi connectivity index (χ2v) is 4.41. The summed E-state index contributed by atoms with van der Waals surface area (Å²) in [4.78, 5) is 2.36. The third kappa shape index (κ3) is 3.40. The van der Waals surface area contributed by atoms with E-state index < -0.39 is 0 Å². The van der Waals surface area contributed by atoms with E-state index in [0.29, 0.717) is 6.04 Å². The highest BCUT2D eigenvalue weighted by Gasteiger charge is 2.09. The molecule has 0 aromatic heterocycles. The van der Waals surface area contributed by atoms with E-state index in [2.05, 4.69) is 25.7 Å². The highest BCUT2D eigenvalue weighted by molar-refractivity contribution is 6.31. The molecule has 0 spiro atoms. The third-order valence-corrected chi connectivity index (χ3v) is 2.94. The van der Waals surface area contributed by atoms with Gasteiger partial charge in [0.15, 0.2) is 0 Å². The maximum atomic E-state index is 6.13.